The molecule has 3 atom stereocenters. The first-order chi connectivity index (χ1) is 19.2. The van der Waals surface area contributed by atoms with Gasteiger partial charge in [-0.15, -0.1) is 0 Å². The van der Waals surface area contributed by atoms with Crippen molar-refractivity contribution < 1.29 is 18.0 Å². The highest BCUT2D eigenvalue weighted by Crippen LogP contribution is 2.43. The number of hydrogen-bond acceptors (Lipinski definition) is 7. The Hall–Kier alpha value is -3.21. The quantitative estimate of drug-likeness (QED) is 0.363. The van der Waals surface area contributed by atoms with Gasteiger partial charge in [-0.25, -0.2) is 10.0 Å². The Morgan fingerprint density at radius 3 is 2.45 bits per heavy atom. The maximum absolute atomic E-state index is 14.1. The largest absolute Gasteiger partial charge is 0.421 e. The molecule has 0 amide bonds. The summed E-state index contributed by atoms with van der Waals surface area (Å²) in [5.74, 6) is 0.349. The molecular weight excluding hydrogens is 517 g/mol. The number of rotatable bonds is 7. The molecule has 1 aliphatic carbocycles. The summed E-state index contributed by atoms with van der Waals surface area (Å²) in [5.41, 5.74) is 3.15. The van der Waals surface area contributed by atoms with Gasteiger partial charge in [-0.1, -0.05) is 36.4 Å². The number of nitrogens with one attached hydrogen (secondary N) is 2. The highest BCUT2D eigenvalue weighted by atomic mass is 19.4. The van der Waals surface area contributed by atoms with E-state index in [-0.39, 0.29) is 17.8 Å². The molecule has 6 rings (SSSR count). The van der Waals surface area contributed by atoms with Crippen molar-refractivity contribution in [2.75, 3.05) is 30.1 Å². The first-order valence-electron chi connectivity index (χ1n) is 14.0. The van der Waals surface area contributed by atoms with Gasteiger partial charge in [-0.3, -0.25) is 9.74 Å². The van der Waals surface area contributed by atoms with E-state index in [2.05, 4.69) is 57.5 Å². The number of anilines is 3. The molecule has 3 aliphatic rings. The predicted octanol–water partition coefficient (Wildman–Crippen LogP) is 6.18. The highest BCUT2D eigenvalue weighted by molar-refractivity contribution is 5.60. The molecule has 2 aromatic carbocycles. The van der Waals surface area contributed by atoms with Crippen molar-refractivity contribution in [3.63, 3.8) is 0 Å². The van der Waals surface area contributed by atoms with Gasteiger partial charge in [0, 0.05) is 50.0 Å². The Bertz CT molecular complexity index is 1320. The van der Waals surface area contributed by atoms with Gasteiger partial charge in [-0.05, 0) is 61.4 Å². The van der Waals surface area contributed by atoms with Crippen molar-refractivity contribution in [1.82, 2.24) is 20.2 Å². The molecule has 2 N–H and O–H groups in total. The van der Waals surface area contributed by atoms with E-state index in [1.807, 2.05) is 30.3 Å². The Morgan fingerprint density at radius 2 is 1.75 bits per heavy atom. The standard InChI is InChI=1S/C30H35F3N6O/c1-19-16-38(17-20(2)35-19)18-21-12-24(22-8-9-22)14-25(13-21)36-29-34-15-26(30(31,32)33)28(37-29)39-27(10-11-40-39)23-6-4-3-5-7-23/h3-7,12-15,19-20,22,27,35H,8-11,16-18H2,1-2H3,(H,34,36,37)/t19-,20+,27-/m0/s1. The van der Waals surface area contributed by atoms with Crippen LogP contribution in [0.3, 0.4) is 0 Å². The van der Waals surface area contributed by atoms with E-state index in [0.29, 0.717) is 31.0 Å². The number of halogens is 3. The minimum Gasteiger partial charge on any atom is -0.324 e. The third-order valence-electron chi connectivity index (χ3n) is 7.73. The Morgan fingerprint density at radius 1 is 1.00 bits per heavy atom. The molecule has 212 valence electrons. The third-order valence-corrected chi connectivity index (χ3v) is 7.73. The van der Waals surface area contributed by atoms with Crippen molar-refractivity contribution in [3.05, 3.63) is 77.0 Å². The minimum atomic E-state index is -4.63. The molecular formula is C30H35F3N6O. The van der Waals surface area contributed by atoms with E-state index in [1.165, 1.54) is 16.2 Å². The van der Waals surface area contributed by atoms with Crippen molar-refractivity contribution in [2.45, 2.75) is 69.9 Å². The van der Waals surface area contributed by atoms with Gasteiger partial charge in [-0.2, -0.15) is 18.2 Å². The molecule has 7 nitrogen and oxygen atoms in total. The van der Waals surface area contributed by atoms with Crippen LogP contribution in [0.1, 0.15) is 67.3 Å². The van der Waals surface area contributed by atoms with E-state index < -0.39 is 11.7 Å². The lowest BCUT2D eigenvalue weighted by Gasteiger charge is -2.36. The molecule has 40 heavy (non-hydrogen) atoms. The molecule has 0 spiro atoms. The Balaban J connectivity index is 1.30. The van der Waals surface area contributed by atoms with Crippen molar-refractivity contribution in [2.24, 2.45) is 0 Å². The monoisotopic (exact) mass is 552 g/mol. The summed E-state index contributed by atoms with van der Waals surface area (Å²) in [7, 11) is 0. The molecule has 0 unspecified atom stereocenters. The zero-order valence-corrected chi connectivity index (χ0v) is 22.8. The van der Waals surface area contributed by atoms with Crippen LogP contribution in [-0.4, -0.2) is 46.6 Å². The van der Waals surface area contributed by atoms with Gasteiger partial charge in [0.2, 0.25) is 5.95 Å². The average Bonchev–Trinajstić information content (AvgIpc) is 3.64. The van der Waals surface area contributed by atoms with Crippen molar-refractivity contribution in [3.8, 4) is 0 Å². The van der Waals surface area contributed by atoms with Gasteiger partial charge < -0.3 is 10.6 Å². The van der Waals surface area contributed by atoms with Gasteiger partial charge in [0.25, 0.3) is 0 Å². The summed E-state index contributed by atoms with van der Waals surface area (Å²) in [4.78, 5) is 16.6. The fourth-order valence-electron chi connectivity index (χ4n) is 5.95. The number of aromatic nitrogens is 2. The number of alkyl halides is 3. The lowest BCUT2D eigenvalue weighted by Crippen LogP contribution is -2.53. The van der Waals surface area contributed by atoms with E-state index in [1.54, 1.807) is 0 Å². The second kappa shape index (κ2) is 11.0. The molecule has 3 fully saturated rings. The maximum atomic E-state index is 14.1. The van der Waals surface area contributed by atoms with Crippen molar-refractivity contribution >= 4 is 17.5 Å². The molecule has 1 saturated carbocycles. The SMILES string of the molecule is C[C@@H]1CN(Cc2cc(Nc3ncc(C(F)(F)F)c(N4OCC[C@H]4c4ccccc4)n3)cc(C3CC3)c2)C[C@H](C)N1. The third kappa shape index (κ3) is 6.09. The molecule has 0 radical (unpaired) electrons. The van der Waals surface area contributed by atoms with Gasteiger partial charge >= 0.3 is 6.18 Å². The number of hydrogen-bond donors (Lipinski definition) is 2. The lowest BCUT2D eigenvalue weighted by atomic mass is 10.0. The fourth-order valence-corrected chi connectivity index (χ4v) is 5.95. The molecule has 2 saturated heterocycles. The number of piperazine rings is 1. The summed E-state index contributed by atoms with van der Waals surface area (Å²) < 4.78 is 42.2. The minimum absolute atomic E-state index is 0.105. The van der Waals surface area contributed by atoms with E-state index in [4.69, 9.17) is 4.84 Å². The van der Waals surface area contributed by atoms with Crippen LogP contribution in [0, 0.1) is 0 Å². The average molecular weight is 553 g/mol. The zero-order valence-electron chi connectivity index (χ0n) is 22.8. The zero-order chi connectivity index (χ0) is 27.9. The molecule has 2 aliphatic heterocycles. The van der Waals surface area contributed by atoms with Crippen LogP contribution < -0.4 is 15.7 Å². The van der Waals surface area contributed by atoms with Crippen LogP contribution in [0.25, 0.3) is 0 Å². The van der Waals surface area contributed by atoms with Gasteiger partial charge in [0.1, 0.15) is 5.56 Å². The summed E-state index contributed by atoms with van der Waals surface area (Å²) in [6, 6.07) is 16.3. The maximum Gasteiger partial charge on any atom is 0.421 e. The number of benzene rings is 2. The summed E-state index contributed by atoms with van der Waals surface area (Å²) in [6.07, 6.45) is -0.914. The summed E-state index contributed by atoms with van der Waals surface area (Å²) in [5, 5.41) is 8.08. The second-order valence-electron chi connectivity index (χ2n) is 11.3. The van der Waals surface area contributed by atoms with Crippen LogP contribution in [0.2, 0.25) is 0 Å². The fraction of sp³-hybridized carbons (Fsp3) is 0.467. The van der Waals surface area contributed by atoms with Crippen LogP contribution >= 0.6 is 0 Å². The van der Waals surface area contributed by atoms with Gasteiger partial charge in [0.15, 0.2) is 5.82 Å². The second-order valence-corrected chi connectivity index (χ2v) is 11.3. The van der Waals surface area contributed by atoms with E-state index in [9.17, 15) is 13.2 Å². The Labute approximate surface area is 232 Å². The smallest absolute Gasteiger partial charge is 0.324 e. The lowest BCUT2D eigenvalue weighted by molar-refractivity contribution is -0.138. The van der Waals surface area contributed by atoms with Crippen LogP contribution in [-0.2, 0) is 17.6 Å². The normalized spacial score (nSPS) is 23.9. The van der Waals surface area contributed by atoms with Crippen molar-refractivity contribution in [1.29, 1.82) is 0 Å². The molecule has 10 heteroatoms. The highest BCUT2D eigenvalue weighted by Gasteiger charge is 2.40. The summed E-state index contributed by atoms with van der Waals surface area (Å²) >= 11 is 0. The van der Waals surface area contributed by atoms with Crippen LogP contribution in [0.4, 0.5) is 30.6 Å². The van der Waals surface area contributed by atoms with Gasteiger partial charge in [0.05, 0.1) is 12.6 Å². The molecule has 1 aromatic heterocycles. The van der Waals surface area contributed by atoms with Crippen LogP contribution in [0.5, 0.6) is 0 Å². The topological polar surface area (TPSA) is 65.5 Å². The van der Waals surface area contributed by atoms with E-state index in [0.717, 1.165) is 49.9 Å². The van der Waals surface area contributed by atoms with Crippen LogP contribution in [0.15, 0.2) is 54.7 Å². The Kier molecular flexibility index (Phi) is 7.41. The predicted molar refractivity (Wildman–Crippen MR) is 148 cm³/mol. The molecule has 3 aromatic rings. The first kappa shape index (κ1) is 27.0. The number of hydroxylamine groups is 1. The first-order valence-corrected chi connectivity index (χ1v) is 14.0. The molecule has 3 heterocycles. The van der Waals surface area contributed by atoms with E-state index >= 15 is 0 Å². The summed E-state index contributed by atoms with van der Waals surface area (Å²) in [6.45, 7) is 7.43. The molecule has 0 bridgehead atoms. The number of nitrogens with zero attached hydrogens (tertiary/aromatic N) is 4.